The third-order valence-electron chi connectivity index (χ3n) is 1.37. The van der Waals surface area contributed by atoms with Gasteiger partial charge in [-0.15, -0.1) is 0 Å². The Labute approximate surface area is 81.3 Å². The molecule has 1 aromatic rings. The molecule has 0 radical (unpaired) electrons. The second kappa shape index (κ2) is 6.85. The fourth-order valence-corrected chi connectivity index (χ4v) is 0.857. The van der Waals surface area contributed by atoms with Crippen molar-refractivity contribution < 1.29 is 14.3 Å². The Morgan fingerprint density at radius 2 is 1.93 bits per heavy atom. The molecule has 5 heteroatoms. The van der Waals surface area contributed by atoms with E-state index in [4.69, 9.17) is 15.6 Å². The van der Waals surface area contributed by atoms with E-state index >= 15 is 0 Å². The van der Waals surface area contributed by atoms with E-state index in [9.17, 15) is 4.39 Å². The van der Waals surface area contributed by atoms with E-state index < -0.39 is 6.09 Å². The molecule has 1 rings (SSSR count). The Kier molecular flexibility index (Phi) is 6.06. The predicted molar refractivity (Wildman–Crippen MR) is 51.4 cm³/mol. The van der Waals surface area contributed by atoms with Gasteiger partial charge in [-0.2, -0.15) is 0 Å². The van der Waals surface area contributed by atoms with E-state index in [1.54, 1.807) is 12.1 Å². The SMILES string of the molecule is NC(=O)O.NCCc1ccccc1F. The van der Waals surface area contributed by atoms with Gasteiger partial charge < -0.3 is 16.6 Å². The first-order chi connectivity index (χ1) is 6.57. The molecule has 0 aromatic heterocycles. The fourth-order valence-electron chi connectivity index (χ4n) is 0.857. The maximum absolute atomic E-state index is 12.7. The molecule has 0 spiro atoms. The van der Waals surface area contributed by atoms with Crippen molar-refractivity contribution in [1.29, 1.82) is 0 Å². The van der Waals surface area contributed by atoms with Crippen molar-refractivity contribution in [2.75, 3.05) is 6.54 Å². The van der Waals surface area contributed by atoms with Crippen molar-refractivity contribution in [3.05, 3.63) is 35.6 Å². The molecule has 0 fully saturated rings. The zero-order valence-electron chi connectivity index (χ0n) is 7.61. The molecule has 0 saturated carbocycles. The maximum Gasteiger partial charge on any atom is 0.402 e. The molecule has 0 aliphatic rings. The van der Waals surface area contributed by atoms with Crippen LogP contribution in [0.1, 0.15) is 5.56 Å². The summed E-state index contributed by atoms with van der Waals surface area (Å²) in [6, 6.07) is 6.69. The lowest BCUT2D eigenvalue weighted by molar-refractivity contribution is 0.205. The normalized spacial score (nSPS) is 8.71. The summed E-state index contributed by atoms with van der Waals surface area (Å²) in [5.41, 5.74) is 9.99. The van der Waals surface area contributed by atoms with Crippen molar-refractivity contribution in [1.82, 2.24) is 0 Å². The minimum absolute atomic E-state index is 0.159. The second-order valence-corrected chi connectivity index (χ2v) is 2.47. The summed E-state index contributed by atoms with van der Waals surface area (Å²) in [6.45, 7) is 0.501. The summed E-state index contributed by atoms with van der Waals surface area (Å²) in [5, 5.41) is 7.19. The van der Waals surface area contributed by atoms with Crippen LogP contribution < -0.4 is 11.5 Å². The zero-order valence-corrected chi connectivity index (χ0v) is 7.61. The molecule has 0 atom stereocenters. The third kappa shape index (κ3) is 5.96. The molecular formula is C9H13FN2O2. The minimum Gasteiger partial charge on any atom is -0.465 e. The number of hydrogen-bond donors (Lipinski definition) is 3. The number of rotatable bonds is 2. The van der Waals surface area contributed by atoms with Gasteiger partial charge in [-0.05, 0) is 24.6 Å². The average molecular weight is 200 g/mol. The number of halogens is 1. The van der Waals surface area contributed by atoms with Gasteiger partial charge in [0.05, 0.1) is 0 Å². The highest BCUT2D eigenvalue weighted by Gasteiger charge is 1.96. The van der Waals surface area contributed by atoms with Crippen LogP contribution in [0.3, 0.4) is 0 Å². The number of amides is 1. The van der Waals surface area contributed by atoms with Crippen molar-refractivity contribution in [3.8, 4) is 0 Å². The molecule has 78 valence electrons. The first-order valence-corrected chi connectivity index (χ1v) is 3.99. The van der Waals surface area contributed by atoms with Gasteiger partial charge in [-0.25, -0.2) is 9.18 Å². The van der Waals surface area contributed by atoms with Crippen LogP contribution in [0.25, 0.3) is 0 Å². The Bertz CT molecular complexity index is 288. The van der Waals surface area contributed by atoms with Crippen molar-refractivity contribution in [2.45, 2.75) is 6.42 Å². The van der Waals surface area contributed by atoms with E-state index in [0.717, 1.165) is 0 Å². The molecule has 0 aliphatic carbocycles. The van der Waals surface area contributed by atoms with Crippen molar-refractivity contribution >= 4 is 6.09 Å². The van der Waals surface area contributed by atoms with Crippen LogP contribution in [0.2, 0.25) is 0 Å². The standard InChI is InChI=1S/C8H10FN.CH3NO2/c9-8-4-2-1-3-7(8)5-6-10;2-1(3)4/h1-4H,5-6,10H2;2H2,(H,3,4). The van der Waals surface area contributed by atoms with Gasteiger partial charge in [-0.3, -0.25) is 0 Å². The number of benzene rings is 1. The lowest BCUT2D eigenvalue weighted by Gasteiger charge is -1.97. The second-order valence-electron chi connectivity index (χ2n) is 2.47. The highest BCUT2D eigenvalue weighted by molar-refractivity contribution is 5.61. The molecule has 1 amide bonds. The van der Waals surface area contributed by atoms with Gasteiger partial charge in [-0.1, -0.05) is 18.2 Å². The average Bonchev–Trinajstić information content (AvgIpc) is 2.08. The Hall–Kier alpha value is -1.62. The van der Waals surface area contributed by atoms with Crippen LogP contribution in [0.15, 0.2) is 24.3 Å². The summed E-state index contributed by atoms with van der Waals surface area (Å²) >= 11 is 0. The summed E-state index contributed by atoms with van der Waals surface area (Å²) in [6.07, 6.45) is -0.716. The minimum atomic E-state index is -1.33. The van der Waals surface area contributed by atoms with E-state index in [1.165, 1.54) is 6.07 Å². The number of primary amides is 1. The highest BCUT2D eigenvalue weighted by atomic mass is 19.1. The lowest BCUT2D eigenvalue weighted by Crippen LogP contribution is -2.03. The van der Waals surface area contributed by atoms with E-state index in [2.05, 4.69) is 5.73 Å². The highest BCUT2D eigenvalue weighted by Crippen LogP contribution is 2.05. The number of hydrogen-bond acceptors (Lipinski definition) is 2. The molecule has 0 saturated heterocycles. The van der Waals surface area contributed by atoms with Crippen LogP contribution in [-0.4, -0.2) is 17.7 Å². The Balaban J connectivity index is 0.000000364. The molecular weight excluding hydrogens is 187 g/mol. The van der Waals surface area contributed by atoms with Crippen molar-refractivity contribution in [3.63, 3.8) is 0 Å². The largest absolute Gasteiger partial charge is 0.465 e. The van der Waals surface area contributed by atoms with Gasteiger partial charge in [0.2, 0.25) is 0 Å². The lowest BCUT2D eigenvalue weighted by atomic mass is 10.1. The first kappa shape index (κ1) is 12.4. The van der Waals surface area contributed by atoms with Gasteiger partial charge in [0.15, 0.2) is 0 Å². The van der Waals surface area contributed by atoms with Gasteiger partial charge in [0, 0.05) is 0 Å². The van der Waals surface area contributed by atoms with Gasteiger partial charge in [0.25, 0.3) is 0 Å². The van der Waals surface area contributed by atoms with Crippen LogP contribution in [0, 0.1) is 5.82 Å². The summed E-state index contributed by atoms with van der Waals surface area (Å²) < 4.78 is 12.7. The van der Waals surface area contributed by atoms with Crippen LogP contribution >= 0.6 is 0 Å². The monoisotopic (exact) mass is 200 g/mol. The molecule has 1 aromatic carbocycles. The number of carboxylic acid groups (broad SMARTS) is 1. The van der Waals surface area contributed by atoms with Crippen LogP contribution in [0.5, 0.6) is 0 Å². The van der Waals surface area contributed by atoms with Crippen LogP contribution in [0.4, 0.5) is 9.18 Å². The van der Waals surface area contributed by atoms with E-state index in [1.807, 2.05) is 6.07 Å². The van der Waals surface area contributed by atoms with Crippen molar-refractivity contribution in [2.24, 2.45) is 11.5 Å². The Morgan fingerprint density at radius 3 is 2.36 bits per heavy atom. The topological polar surface area (TPSA) is 89.3 Å². The summed E-state index contributed by atoms with van der Waals surface area (Å²) in [4.78, 5) is 8.78. The molecule has 0 bridgehead atoms. The molecule has 5 N–H and O–H groups in total. The smallest absolute Gasteiger partial charge is 0.402 e. The van der Waals surface area contributed by atoms with Gasteiger partial charge in [0.1, 0.15) is 5.82 Å². The zero-order chi connectivity index (χ0) is 11.0. The van der Waals surface area contributed by atoms with E-state index in [-0.39, 0.29) is 5.82 Å². The third-order valence-corrected chi connectivity index (χ3v) is 1.37. The van der Waals surface area contributed by atoms with Crippen LogP contribution in [-0.2, 0) is 6.42 Å². The number of carbonyl (C=O) groups is 1. The Morgan fingerprint density at radius 1 is 1.43 bits per heavy atom. The molecule has 0 unspecified atom stereocenters. The molecule has 0 heterocycles. The summed E-state index contributed by atoms with van der Waals surface area (Å²) in [5.74, 6) is -0.159. The van der Waals surface area contributed by atoms with E-state index in [0.29, 0.717) is 18.5 Å². The molecule has 14 heavy (non-hydrogen) atoms. The quantitative estimate of drug-likeness (QED) is 0.664. The van der Waals surface area contributed by atoms with Gasteiger partial charge >= 0.3 is 6.09 Å². The summed E-state index contributed by atoms with van der Waals surface area (Å²) in [7, 11) is 0. The maximum atomic E-state index is 12.7. The number of nitrogens with two attached hydrogens (primary N) is 2. The molecule has 0 aliphatic heterocycles. The predicted octanol–water partition coefficient (Wildman–Crippen LogP) is 0.950. The molecule has 4 nitrogen and oxygen atoms in total. The fraction of sp³-hybridized carbons (Fsp3) is 0.222. The first-order valence-electron chi connectivity index (χ1n) is 3.99.